The van der Waals surface area contributed by atoms with Gasteiger partial charge >= 0.3 is 26.1 Å². The minimum atomic E-state index is -4.66. The second-order valence-corrected chi connectivity index (χ2v) is 3.16. The molecule has 0 aromatic rings. The van der Waals surface area contributed by atoms with Crippen molar-refractivity contribution in [3.8, 4) is 0 Å². The standard InChI is InChI=1S/C4H6B2F6N2/c1-13-5(3(7,8)9)14(2)6(13)4(10,11)12/h1-2H3. The first-order valence-corrected chi connectivity index (χ1v) is 3.64. The van der Waals surface area contributed by atoms with E-state index in [9.17, 15) is 26.3 Å². The molecule has 0 unspecified atom stereocenters. The summed E-state index contributed by atoms with van der Waals surface area (Å²) in [6, 6.07) is 0. The highest BCUT2D eigenvalue weighted by Gasteiger charge is 2.70. The number of alkyl halides is 6. The van der Waals surface area contributed by atoms with E-state index in [1.165, 1.54) is 0 Å². The third-order valence-electron chi connectivity index (χ3n) is 2.13. The molecule has 0 spiro atoms. The van der Waals surface area contributed by atoms with E-state index in [0.29, 0.717) is 0 Å². The van der Waals surface area contributed by atoms with E-state index >= 15 is 0 Å². The maximum absolute atomic E-state index is 12.1. The molecule has 0 atom stereocenters. The molecule has 0 bridgehead atoms. The van der Waals surface area contributed by atoms with Gasteiger partial charge in [-0.2, -0.15) is 26.3 Å². The van der Waals surface area contributed by atoms with Crippen molar-refractivity contribution in [2.45, 2.75) is 12.2 Å². The lowest BCUT2D eigenvalue weighted by molar-refractivity contribution is -0.0834. The van der Waals surface area contributed by atoms with Crippen LogP contribution in [0.1, 0.15) is 0 Å². The van der Waals surface area contributed by atoms with Gasteiger partial charge in [-0.1, -0.05) is 0 Å². The molecule has 1 aliphatic heterocycles. The Labute approximate surface area is 77.1 Å². The van der Waals surface area contributed by atoms with Gasteiger partial charge in [0.15, 0.2) is 0 Å². The van der Waals surface area contributed by atoms with Crippen molar-refractivity contribution in [1.82, 2.24) is 9.44 Å². The first kappa shape index (κ1) is 11.7. The number of nitrogens with zero attached hydrogens (tertiary/aromatic N) is 2. The second-order valence-electron chi connectivity index (χ2n) is 3.16. The summed E-state index contributed by atoms with van der Waals surface area (Å²) in [5, 5.41) is 0. The van der Waals surface area contributed by atoms with Gasteiger partial charge in [0, 0.05) is 0 Å². The Kier molecular flexibility index (Phi) is 2.56. The van der Waals surface area contributed by atoms with Crippen LogP contribution in [0.3, 0.4) is 0 Å². The molecule has 0 aliphatic carbocycles. The van der Waals surface area contributed by atoms with Gasteiger partial charge in [-0.05, 0) is 14.1 Å². The summed E-state index contributed by atoms with van der Waals surface area (Å²) in [6.07, 6.45) is -9.32. The van der Waals surface area contributed by atoms with E-state index in [-0.39, 0.29) is 9.44 Å². The summed E-state index contributed by atoms with van der Waals surface area (Å²) in [7, 11) is 1.60. The highest BCUT2D eigenvalue weighted by molar-refractivity contribution is 6.87. The average Bonchev–Trinajstić information content (AvgIpc) is 1.78. The molecule has 1 aliphatic rings. The fourth-order valence-electron chi connectivity index (χ4n) is 1.70. The SMILES string of the molecule is CN1B(C(F)(F)F)N(C)B1C(F)(F)F. The van der Waals surface area contributed by atoms with Crippen LogP contribution >= 0.6 is 0 Å². The summed E-state index contributed by atoms with van der Waals surface area (Å²) >= 11 is 0. The zero-order chi connectivity index (χ0) is 11.3. The Balaban J connectivity index is 2.76. The first-order valence-electron chi connectivity index (χ1n) is 3.64. The fraction of sp³-hybridized carbons (Fsp3) is 1.00. The normalized spacial score (nSPS) is 21.4. The molecule has 0 saturated carbocycles. The molecule has 0 amide bonds. The van der Waals surface area contributed by atoms with E-state index in [4.69, 9.17) is 0 Å². The van der Waals surface area contributed by atoms with Crippen molar-refractivity contribution < 1.29 is 26.3 Å². The van der Waals surface area contributed by atoms with Crippen LogP contribution in [0.4, 0.5) is 26.3 Å². The van der Waals surface area contributed by atoms with Crippen LogP contribution < -0.4 is 0 Å². The minimum absolute atomic E-state index is 0.250. The van der Waals surface area contributed by atoms with E-state index in [1.54, 1.807) is 0 Å². The van der Waals surface area contributed by atoms with E-state index in [1.807, 2.05) is 0 Å². The molecule has 0 N–H and O–H groups in total. The van der Waals surface area contributed by atoms with Crippen LogP contribution in [-0.4, -0.2) is 49.7 Å². The lowest BCUT2D eigenvalue weighted by Crippen LogP contribution is -2.83. The van der Waals surface area contributed by atoms with E-state index in [0.717, 1.165) is 14.1 Å². The molecule has 0 aromatic heterocycles. The third kappa shape index (κ3) is 1.72. The van der Waals surface area contributed by atoms with Gasteiger partial charge in [-0.3, -0.25) is 0 Å². The quantitative estimate of drug-likeness (QED) is 0.442. The van der Waals surface area contributed by atoms with Crippen LogP contribution in [0.15, 0.2) is 0 Å². The molecule has 80 valence electrons. The Hall–Kier alpha value is -0.370. The van der Waals surface area contributed by atoms with Crippen LogP contribution in [0, 0.1) is 0 Å². The molecular formula is C4H6B2F6N2. The molecule has 14 heavy (non-hydrogen) atoms. The van der Waals surface area contributed by atoms with Gasteiger partial charge in [-0.15, -0.1) is 0 Å². The lowest BCUT2D eigenvalue weighted by Gasteiger charge is -2.50. The Morgan fingerprint density at radius 1 is 0.714 bits per heavy atom. The molecule has 2 nitrogen and oxygen atoms in total. The van der Waals surface area contributed by atoms with Crippen molar-refractivity contribution >= 4 is 14.0 Å². The van der Waals surface area contributed by atoms with Crippen LogP contribution in [0.2, 0.25) is 0 Å². The molecular weight excluding hydrogens is 212 g/mol. The zero-order valence-electron chi connectivity index (χ0n) is 7.32. The highest BCUT2D eigenvalue weighted by atomic mass is 19.4. The van der Waals surface area contributed by atoms with Crippen LogP contribution in [-0.2, 0) is 0 Å². The maximum atomic E-state index is 12.1. The first-order chi connectivity index (χ1) is 6.07. The summed E-state index contributed by atoms with van der Waals surface area (Å²) in [5.74, 6) is 0. The minimum Gasteiger partial charge on any atom is -0.345 e. The molecule has 0 radical (unpaired) electrons. The third-order valence-corrected chi connectivity index (χ3v) is 2.13. The predicted octanol–water partition coefficient (Wildman–Crippen LogP) is 1.04. The van der Waals surface area contributed by atoms with Gasteiger partial charge in [0.25, 0.3) is 0 Å². The highest BCUT2D eigenvalue weighted by Crippen LogP contribution is 2.37. The number of hydrogen-bond donors (Lipinski definition) is 0. The zero-order valence-corrected chi connectivity index (χ0v) is 7.32. The second kappa shape index (κ2) is 3.06. The van der Waals surface area contributed by atoms with Gasteiger partial charge in [0.1, 0.15) is 0 Å². The van der Waals surface area contributed by atoms with Gasteiger partial charge in [-0.25, -0.2) is 0 Å². The molecule has 1 rings (SSSR count). The monoisotopic (exact) mass is 218 g/mol. The number of halogens is 6. The topological polar surface area (TPSA) is 6.48 Å². The maximum Gasteiger partial charge on any atom is 0.418 e. The van der Waals surface area contributed by atoms with Crippen molar-refractivity contribution in [2.24, 2.45) is 0 Å². The Bertz CT molecular complexity index is 195. The van der Waals surface area contributed by atoms with Gasteiger partial charge in [0.2, 0.25) is 0 Å². The molecule has 0 aromatic carbocycles. The smallest absolute Gasteiger partial charge is 0.345 e. The van der Waals surface area contributed by atoms with Gasteiger partial charge in [0.05, 0.1) is 0 Å². The summed E-state index contributed by atoms with van der Waals surface area (Å²) in [6.45, 7) is -4.29. The van der Waals surface area contributed by atoms with Gasteiger partial charge < -0.3 is 9.44 Å². The van der Waals surface area contributed by atoms with Crippen LogP contribution in [0.25, 0.3) is 0 Å². The summed E-state index contributed by atoms with van der Waals surface area (Å²) in [5.41, 5.74) is 0. The Morgan fingerprint density at radius 2 is 0.929 bits per heavy atom. The summed E-state index contributed by atoms with van der Waals surface area (Å²) < 4.78 is 73.2. The van der Waals surface area contributed by atoms with Crippen molar-refractivity contribution in [3.05, 3.63) is 0 Å². The lowest BCUT2D eigenvalue weighted by atomic mass is 9.42. The van der Waals surface area contributed by atoms with Crippen molar-refractivity contribution in [3.63, 3.8) is 0 Å². The average molecular weight is 218 g/mol. The van der Waals surface area contributed by atoms with Crippen molar-refractivity contribution in [2.75, 3.05) is 14.1 Å². The molecule has 1 fully saturated rings. The Morgan fingerprint density at radius 3 is 1.07 bits per heavy atom. The fourth-order valence-corrected chi connectivity index (χ4v) is 1.70. The number of hydrogen-bond acceptors (Lipinski definition) is 2. The summed E-state index contributed by atoms with van der Waals surface area (Å²) in [4.78, 5) is 0. The van der Waals surface area contributed by atoms with Crippen molar-refractivity contribution in [1.29, 1.82) is 0 Å². The number of rotatable bonds is 0. The molecule has 10 heteroatoms. The predicted molar refractivity (Wildman–Crippen MR) is 39.1 cm³/mol. The van der Waals surface area contributed by atoms with E-state index in [2.05, 4.69) is 0 Å². The van der Waals surface area contributed by atoms with E-state index < -0.39 is 26.1 Å². The van der Waals surface area contributed by atoms with Crippen LogP contribution in [0.5, 0.6) is 0 Å². The molecule has 1 saturated heterocycles. The largest absolute Gasteiger partial charge is 0.418 e. The molecule has 1 heterocycles.